The lowest BCUT2D eigenvalue weighted by molar-refractivity contribution is 0.0974. The van der Waals surface area contributed by atoms with Crippen molar-refractivity contribution in [3.63, 3.8) is 0 Å². The van der Waals surface area contributed by atoms with E-state index in [0.29, 0.717) is 23.0 Å². The van der Waals surface area contributed by atoms with Crippen molar-refractivity contribution in [3.8, 4) is 11.5 Å². The zero-order chi connectivity index (χ0) is 19.1. The molecular weight excluding hydrogens is 348 g/mol. The smallest absolute Gasteiger partial charge is 0.261 e. The molecule has 2 N–H and O–H groups in total. The van der Waals surface area contributed by atoms with Crippen LogP contribution in [-0.4, -0.2) is 25.2 Å². The third kappa shape index (κ3) is 4.73. The van der Waals surface area contributed by atoms with Gasteiger partial charge in [-0.1, -0.05) is 32.0 Å². The van der Waals surface area contributed by atoms with Gasteiger partial charge in [-0.05, 0) is 48.3 Å². The summed E-state index contributed by atoms with van der Waals surface area (Å²) in [4.78, 5) is 12.5. The molecule has 0 aliphatic rings. The van der Waals surface area contributed by atoms with Gasteiger partial charge >= 0.3 is 0 Å². The van der Waals surface area contributed by atoms with Crippen LogP contribution in [0.25, 0.3) is 0 Å². The molecule has 2 aromatic rings. The number of ether oxygens (including phenoxy) is 2. The lowest BCUT2D eigenvalue weighted by atomic mass is 9.97. The maximum absolute atomic E-state index is 12.5. The van der Waals surface area contributed by atoms with Crippen molar-refractivity contribution in [2.75, 3.05) is 19.5 Å². The van der Waals surface area contributed by atoms with E-state index in [1.807, 2.05) is 18.2 Å². The van der Waals surface area contributed by atoms with Crippen molar-refractivity contribution in [2.45, 2.75) is 26.2 Å². The molecule has 0 fully saturated rings. The van der Waals surface area contributed by atoms with Gasteiger partial charge in [0.2, 0.25) is 0 Å². The Labute approximate surface area is 159 Å². The van der Waals surface area contributed by atoms with Crippen LogP contribution in [0.1, 0.15) is 42.1 Å². The van der Waals surface area contributed by atoms with Gasteiger partial charge < -0.3 is 14.8 Å². The van der Waals surface area contributed by atoms with Gasteiger partial charge in [-0.25, -0.2) is 0 Å². The third-order valence-electron chi connectivity index (χ3n) is 4.23. The molecule has 26 heavy (non-hydrogen) atoms. The van der Waals surface area contributed by atoms with Crippen LogP contribution in [0.4, 0.5) is 5.69 Å². The Kier molecular flexibility index (Phi) is 6.97. The minimum absolute atomic E-state index is 0.239. The number of anilines is 1. The molecule has 0 saturated heterocycles. The second kappa shape index (κ2) is 9.20. The molecular formula is C20H24N2O3S. The van der Waals surface area contributed by atoms with Gasteiger partial charge in [-0.2, -0.15) is 0 Å². The maximum atomic E-state index is 12.5. The highest BCUT2D eigenvalue weighted by Crippen LogP contribution is 2.27. The van der Waals surface area contributed by atoms with Crippen LogP contribution in [0, 0.1) is 0 Å². The minimum atomic E-state index is -0.344. The van der Waals surface area contributed by atoms with Gasteiger partial charge in [-0.3, -0.25) is 10.1 Å². The van der Waals surface area contributed by atoms with E-state index < -0.39 is 0 Å². The van der Waals surface area contributed by atoms with E-state index in [9.17, 15) is 4.79 Å². The molecule has 2 aromatic carbocycles. The first-order chi connectivity index (χ1) is 12.5. The first-order valence-electron chi connectivity index (χ1n) is 8.43. The van der Waals surface area contributed by atoms with Crippen molar-refractivity contribution in [2.24, 2.45) is 0 Å². The number of thiocarbonyl (C=S) groups is 1. The highest BCUT2D eigenvalue weighted by Gasteiger charge is 2.16. The number of methoxy groups -OCH3 is 2. The van der Waals surface area contributed by atoms with E-state index in [1.54, 1.807) is 25.3 Å². The summed E-state index contributed by atoms with van der Waals surface area (Å²) >= 11 is 5.31. The van der Waals surface area contributed by atoms with Crippen molar-refractivity contribution < 1.29 is 14.3 Å². The number of benzene rings is 2. The van der Waals surface area contributed by atoms with Crippen LogP contribution in [0.15, 0.2) is 42.5 Å². The Balaban J connectivity index is 2.13. The molecule has 6 heteroatoms. The number of amides is 1. The fraction of sp³-hybridized carbons (Fsp3) is 0.300. The Morgan fingerprint density at radius 2 is 1.88 bits per heavy atom. The molecule has 2 rings (SSSR count). The van der Waals surface area contributed by atoms with E-state index >= 15 is 0 Å². The zero-order valence-corrected chi connectivity index (χ0v) is 16.3. The Bertz CT molecular complexity index is 792. The molecule has 0 heterocycles. The van der Waals surface area contributed by atoms with Gasteiger partial charge in [0.1, 0.15) is 11.5 Å². The summed E-state index contributed by atoms with van der Waals surface area (Å²) in [6, 6.07) is 12.9. The van der Waals surface area contributed by atoms with Crippen molar-refractivity contribution >= 4 is 28.9 Å². The fourth-order valence-corrected chi connectivity index (χ4v) is 2.77. The normalized spacial score (nSPS) is 11.4. The SMILES string of the molecule is CC[C@H](C)c1ccccc1NC(=S)NC(=O)c1ccc(OC)cc1OC. The first kappa shape index (κ1) is 19.7. The van der Waals surface area contributed by atoms with Gasteiger partial charge in [0.05, 0.1) is 19.8 Å². The summed E-state index contributed by atoms with van der Waals surface area (Å²) in [7, 11) is 3.06. The van der Waals surface area contributed by atoms with Crippen LogP contribution < -0.4 is 20.1 Å². The van der Waals surface area contributed by atoms with E-state index in [4.69, 9.17) is 21.7 Å². The Morgan fingerprint density at radius 1 is 1.15 bits per heavy atom. The number of carbonyl (C=O) groups excluding carboxylic acids is 1. The molecule has 5 nitrogen and oxygen atoms in total. The number of nitrogens with one attached hydrogen (secondary N) is 2. The minimum Gasteiger partial charge on any atom is -0.497 e. The standard InChI is InChI=1S/C20H24N2O3S/c1-5-13(2)15-8-6-7-9-17(15)21-20(26)22-19(23)16-11-10-14(24-3)12-18(16)25-4/h6-13H,5H2,1-4H3,(H2,21,22,23,26)/t13-/m0/s1. The average Bonchev–Trinajstić information content (AvgIpc) is 2.66. The Hall–Kier alpha value is -2.60. The number of para-hydroxylation sites is 1. The predicted molar refractivity (Wildman–Crippen MR) is 108 cm³/mol. The first-order valence-corrected chi connectivity index (χ1v) is 8.84. The molecule has 138 valence electrons. The van der Waals surface area contributed by atoms with Gasteiger partial charge in [-0.15, -0.1) is 0 Å². The highest BCUT2D eigenvalue weighted by atomic mass is 32.1. The number of rotatable bonds is 6. The maximum Gasteiger partial charge on any atom is 0.261 e. The monoisotopic (exact) mass is 372 g/mol. The summed E-state index contributed by atoms with van der Waals surface area (Å²) < 4.78 is 10.4. The van der Waals surface area contributed by atoms with E-state index in [0.717, 1.165) is 17.7 Å². The molecule has 0 saturated carbocycles. The van der Waals surface area contributed by atoms with Gasteiger partial charge in [0.15, 0.2) is 5.11 Å². The second-order valence-corrected chi connectivity index (χ2v) is 6.28. The summed E-state index contributed by atoms with van der Waals surface area (Å²) in [6.07, 6.45) is 1.01. The van der Waals surface area contributed by atoms with Crippen LogP contribution >= 0.6 is 12.2 Å². The summed E-state index contributed by atoms with van der Waals surface area (Å²) in [5.74, 6) is 1.08. The summed E-state index contributed by atoms with van der Waals surface area (Å²) in [5, 5.41) is 6.06. The van der Waals surface area contributed by atoms with Crippen LogP contribution in [0.2, 0.25) is 0 Å². The lowest BCUT2D eigenvalue weighted by Crippen LogP contribution is -2.34. The van der Waals surface area contributed by atoms with Gasteiger partial charge in [0, 0.05) is 11.8 Å². The molecule has 0 aromatic heterocycles. The van der Waals surface area contributed by atoms with Gasteiger partial charge in [0.25, 0.3) is 5.91 Å². The summed E-state index contributed by atoms with van der Waals surface area (Å²) in [5.41, 5.74) is 2.44. The van der Waals surface area contributed by atoms with Crippen LogP contribution in [-0.2, 0) is 0 Å². The zero-order valence-electron chi connectivity index (χ0n) is 15.5. The van der Waals surface area contributed by atoms with Crippen molar-refractivity contribution in [1.29, 1.82) is 0 Å². The number of carbonyl (C=O) groups is 1. The quantitative estimate of drug-likeness (QED) is 0.739. The molecule has 0 unspecified atom stereocenters. The average molecular weight is 372 g/mol. The van der Waals surface area contributed by atoms with Crippen LogP contribution in [0.5, 0.6) is 11.5 Å². The molecule has 0 bridgehead atoms. The number of hydrogen-bond donors (Lipinski definition) is 2. The van der Waals surface area contributed by atoms with E-state index in [-0.39, 0.29) is 11.0 Å². The molecule has 0 aliphatic heterocycles. The third-order valence-corrected chi connectivity index (χ3v) is 4.44. The molecule has 1 amide bonds. The molecule has 0 spiro atoms. The van der Waals surface area contributed by atoms with E-state index in [2.05, 4.69) is 30.5 Å². The predicted octanol–water partition coefficient (Wildman–Crippen LogP) is 4.34. The summed E-state index contributed by atoms with van der Waals surface area (Å²) in [6.45, 7) is 4.29. The lowest BCUT2D eigenvalue weighted by Gasteiger charge is -2.17. The van der Waals surface area contributed by atoms with Crippen molar-refractivity contribution in [1.82, 2.24) is 5.32 Å². The topological polar surface area (TPSA) is 59.6 Å². The van der Waals surface area contributed by atoms with Crippen molar-refractivity contribution in [3.05, 3.63) is 53.6 Å². The largest absolute Gasteiger partial charge is 0.497 e. The van der Waals surface area contributed by atoms with E-state index in [1.165, 1.54) is 7.11 Å². The molecule has 0 aliphatic carbocycles. The number of hydrogen-bond acceptors (Lipinski definition) is 4. The highest BCUT2D eigenvalue weighted by molar-refractivity contribution is 7.80. The molecule has 1 atom stereocenters. The van der Waals surface area contributed by atoms with Crippen LogP contribution in [0.3, 0.4) is 0 Å². The second-order valence-electron chi connectivity index (χ2n) is 5.87. The fourth-order valence-electron chi connectivity index (χ4n) is 2.57. The Morgan fingerprint density at radius 3 is 2.54 bits per heavy atom. The molecule has 0 radical (unpaired) electrons.